The van der Waals surface area contributed by atoms with Crippen LogP contribution in [-0.4, -0.2) is 28.8 Å². The van der Waals surface area contributed by atoms with Gasteiger partial charge in [0.1, 0.15) is 5.82 Å². The molecule has 1 saturated heterocycles. The fraction of sp³-hybridized carbons (Fsp3) is 0.364. The van der Waals surface area contributed by atoms with E-state index < -0.39 is 0 Å². The molecule has 0 aliphatic carbocycles. The molecule has 2 aliphatic heterocycles. The molecule has 5 heteroatoms. The van der Waals surface area contributed by atoms with Gasteiger partial charge >= 0.3 is 0 Å². The summed E-state index contributed by atoms with van der Waals surface area (Å²) in [6.07, 6.45) is 4.00. The highest BCUT2D eigenvalue weighted by Gasteiger charge is 2.34. The standard InChI is InChI=1S/C22H23FN2O2/c1-14-2-9-19(10-5-15-3-7-18(23)8-4-15)25(14)22(27)16-6-11-20-17(12-16)13-21(26)24-20/h3-4,6-8,11-12,14,19H,2,5,9-10,13H2,1H3,(H,24,26)/t14-,19-/m1/s1. The Kier molecular flexibility index (Phi) is 4.68. The van der Waals surface area contributed by atoms with Crippen molar-refractivity contribution in [2.24, 2.45) is 0 Å². The molecule has 0 saturated carbocycles. The van der Waals surface area contributed by atoms with Gasteiger partial charge in [-0.25, -0.2) is 4.39 Å². The van der Waals surface area contributed by atoms with Crippen LogP contribution in [0.4, 0.5) is 10.1 Å². The van der Waals surface area contributed by atoms with E-state index >= 15 is 0 Å². The van der Waals surface area contributed by atoms with Crippen LogP contribution in [0, 0.1) is 5.82 Å². The summed E-state index contributed by atoms with van der Waals surface area (Å²) >= 11 is 0. The van der Waals surface area contributed by atoms with Gasteiger partial charge < -0.3 is 10.2 Å². The fourth-order valence-electron chi connectivity index (χ4n) is 4.22. The summed E-state index contributed by atoms with van der Waals surface area (Å²) in [5, 5.41) is 2.80. The first-order valence-electron chi connectivity index (χ1n) is 9.51. The first-order chi connectivity index (χ1) is 13.0. The van der Waals surface area contributed by atoms with Crippen molar-refractivity contribution < 1.29 is 14.0 Å². The highest BCUT2D eigenvalue weighted by Crippen LogP contribution is 2.31. The molecule has 0 bridgehead atoms. The Labute approximate surface area is 158 Å². The molecular weight excluding hydrogens is 343 g/mol. The maximum absolute atomic E-state index is 13.2. The summed E-state index contributed by atoms with van der Waals surface area (Å²) in [6.45, 7) is 2.09. The van der Waals surface area contributed by atoms with E-state index in [2.05, 4.69) is 12.2 Å². The lowest BCUT2D eigenvalue weighted by molar-refractivity contribution is -0.115. The van der Waals surface area contributed by atoms with Crippen LogP contribution in [0.15, 0.2) is 42.5 Å². The van der Waals surface area contributed by atoms with Gasteiger partial charge in [0.05, 0.1) is 6.42 Å². The Bertz CT molecular complexity index is 878. The van der Waals surface area contributed by atoms with Crippen molar-refractivity contribution in [1.82, 2.24) is 4.90 Å². The van der Waals surface area contributed by atoms with E-state index in [1.54, 1.807) is 6.07 Å². The third-order valence-corrected chi connectivity index (χ3v) is 5.68. The van der Waals surface area contributed by atoms with E-state index in [0.29, 0.717) is 12.0 Å². The van der Waals surface area contributed by atoms with Crippen LogP contribution < -0.4 is 5.32 Å². The highest BCUT2D eigenvalue weighted by molar-refractivity contribution is 6.01. The van der Waals surface area contributed by atoms with E-state index in [1.807, 2.05) is 29.2 Å². The molecule has 2 aromatic carbocycles. The van der Waals surface area contributed by atoms with Gasteiger partial charge in [0, 0.05) is 23.3 Å². The van der Waals surface area contributed by atoms with Gasteiger partial charge in [-0.2, -0.15) is 0 Å². The summed E-state index contributed by atoms with van der Waals surface area (Å²) < 4.78 is 13.1. The lowest BCUT2D eigenvalue weighted by Crippen LogP contribution is -2.40. The van der Waals surface area contributed by atoms with Crippen molar-refractivity contribution in [2.75, 3.05) is 5.32 Å². The van der Waals surface area contributed by atoms with Gasteiger partial charge in [0.15, 0.2) is 0 Å². The zero-order valence-electron chi connectivity index (χ0n) is 15.4. The topological polar surface area (TPSA) is 49.4 Å². The normalized spacial score (nSPS) is 21.3. The number of rotatable bonds is 4. The van der Waals surface area contributed by atoms with Crippen molar-refractivity contribution in [3.63, 3.8) is 0 Å². The van der Waals surface area contributed by atoms with Crippen molar-refractivity contribution in [3.8, 4) is 0 Å². The van der Waals surface area contributed by atoms with Crippen molar-refractivity contribution in [2.45, 2.75) is 51.1 Å². The molecule has 2 atom stereocenters. The molecule has 0 spiro atoms. The van der Waals surface area contributed by atoms with Crippen LogP contribution in [0.1, 0.15) is 47.7 Å². The number of halogens is 1. The van der Waals surface area contributed by atoms with Gasteiger partial charge in [-0.1, -0.05) is 12.1 Å². The molecule has 140 valence electrons. The molecule has 1 N–H and O–H groups in total. The van der Waals surface area contributed by atoms with Gasteiger partial charge in [-0.15, -0.1) is 0 Å². The Hall–Kier alpha value is -2.69. The molecular formula is C22H23FN2O2. The summed E-state index contributed by atoms with van der Waals surface area (Å²) in [5.74, 6) is -0.220. The van der Waals surface area contributed by atoms with Crippen molar-refractivity contribution in [3.05, 3.63) is 65.0 Å². The van der Waals surface area contributed by atoms with Crippen LogP contribution in [-0.2, 0) is 17.6 Å². The molecule has 1 fully saturated rings. The number of carbonyl (C=O) groups is 2. The fourth-order valence-corrected chi connectivity index (χ4v) is 4.22. The minimum atomic E-state index is -0.227. The smallest absolute Gasteiger partial charge is 0.254 e. The lowest BCUT2D eigenvalue weighted by atomic mass is 10.0. The molecule has 0 unspecified atom stereocenters. The average molecular weight is 366 g/mol. The maximum Gasteiger partial charge on any atom is 0.254 e. The van der Waals surface area contributed by atoms with Crippen LogP contribution in [0.2, 0.25) is 0 Å². The van der Waals surface area contributed by atoms with Gasteiger partial charge in [0.25, 0.3) is 5.91 Å². The minimum absolute atomic E-state index is 0.0266. The molecule has 4 rings (SSSR count). The summed E-state index contributed by atoms with van der Waals surface area (Å²) in [7, 11) is 0. The number of nitrogens with zero attached hydrogens (tertiary/aromatic N) is 1. The van der Waals surface area contributed by atoms with Crippen LogP contribution in [0.5, 0.6) is 0 Å². The predicted molar refractivity (Wildman–Crippen MR) is 102 cm³/mol. The summed E-state index contributed by atoms with van der Waals surface area (Å²) in [6, 6.07) is 12.4. The molecule has 2 aliphatic rings. The van der Waals surface area contributed by atoms with Gasteiger partial charge in [-0.3, -0.25) is 9.59 Å². The summed E-state index contributed by atoms with van der Waals surface area (Å²) in [4.78, 5) is 26.7. The first-order valence-corrected chi connectivity index (χ1v) is 9.51. The second-order valence-electron chi connectivity index (χ2n) is 7.55. The average Bonchev–Trinajstić information content (AvgIpc) is 3.21. The Morgan fingerprint density at radius 2 is 1.96 bits per heavy atom. The number of anilines is 1. The van der Waals surface area contributed by atoms with Crippen LogP contribution in [0.25, 0.3) is 0 Å². The van der Waals surface area contributed by atoms with E-state index in [0.717, 1.165) is 42.5 Å². The molecule has 27 heavy (non-hydrogen) atoms. The second-order valence-corrected chi connectivity index (χ2v) is 7.55. The van der Waals surface area contributed by atoms with Crippen LogP contribution >= 0.6 is 0 Å². The number of carbonyl (C=O) groups excluding carboxylic acids is 2. The molecule has 0 aromatic heterocycles. The van der Waals surface area contributed by atoms with Gasteiger partial charge in [-0.05, 0) is 74.1 Å². The van der Waals surface area contributed by atoms with E-state index in [9.17, 15) is 14.0 Å². The number of amides is 2. The number of hydrogen-bond acceptors (Lipinski definition) is 2. The maximum atomic E-state index is 13.2. The molecule has 0 radical (unpaired) electrons. The van der Waals surface area contributed by atoms with Crippen LogP contribution in [0.3, 0.4) is 0 Å². The third kappa shape index (κ3) is 3.59. The third-order valence-electron chi connectivity index (χ3n) is 5.68. The van der Waals surface area contributed by atoms with E-state index in [1.165, 1.54) is 12.1 Å². The number of likely N-dealkylation sites (tertiary alicyclic amines) is 1. The second kappa shape index (κ2) is 7.14. The Balaban J connectivity index is 1.48. The number of benzene rings is 2. The molecule has 2 heterocycles. The predicted octanol–water partition coefficient (Wildman–Crippen LogP) is 3.95. The van der Waals surface area contributed by atoms with E-state index in [-0.39, 0.29) is 29.7 Å². The molecule has 2 aromatic rings. The minimum Gasteiger partial charge on any atom is -0.333 e. The first kappa shape index (κ1) is 17.7. The van der Waals surface area contributed by atoms with Gasteiger partial charge in [0.2, 0.25) is 5.91 Å². The Morgan fingerprint density at radius 3 is 2.74 bits per heavy atom. The summed E-state index contributed by atoms with van der Waals surface area (Å²) in [5.41, 5.74) is 3.43. The Morgan fingerprint density at radius 1 is 1.19 bits per heavy atom. The molecule has 2 amide bonds. The molecule has 4 nitrogen and oxygen atoms in total. The number of aryl methyl sites for hydroxylation is 1. The highest BCUT2D eigenvalue weighted by atomic mass is 19.1. The zero-order valence-corrected chi connectivity index (χ0v) is 15.4. The van der Waals surface area contributed by atoms with Crippen molar-refractivity contribution in [1.29, 1.82) is 0 Å². The number of nitrogens with one attached hydrogen (secondary N) is 1. The quantitative estimate of drug-likeness (QED) is 0.891. The zero-order chi connectivity index (χ0) is 19.0. The number of hydrogen-bond donors (Lipinski definition) is 1. The SMILES string of the molecule is C[C@@H]1CC[C@H](CCc2ccc(F)cc2)N1C(=O)c1ccc2c(c1)CC(=O)N2. The number of fused-ring (bicyclic) bond motifs is 1. The lowest BCUT2D eigenvalue weighted by Gasteiger charge is -2.29. The van der Waals surface area contributed by atoms with Crippen molar-refractivity contribution >= 4 is 17.5 Å². The largest absolute Gasteiger partial charge is 0.333 e. The monoisotopic (exact) mass is 366 g/mol. The van der Waals surface area contributed by atoms with E-state index in [4.69, 9.17) is 0 Å².